The molecule has 2 heteroatoms. The molecule has 19 heavy (non-hydrogen) atoms. The lowest BCUT2D eigenvalue weighted by Crippen LogP contribution is -2.34. The van der Waals surface area contributed by atoms with Crippen LogP contribution >= 0.6 is 0 Å². The van der Waals surface area contributed by atoms with Crippen LogP contribution in [0.4, 0.5) is 0 Å². The van der Waals surface area contributed by atoms with E-state index in [0.29, 0.717) is 0 Å². The second kappa shape index (κ2) is 6.85. The molecule has 1 aliphatic carbocycles. The van der Waals surface area contributed by atoms with Gasteiger partial charge in [0.05, 0.1) is 6.04 Å². The van der Waals surface area contributed by atoms with Gasteiger partial charge in [-0.2, -0.15) is 0 Å². The number of carbonyl (C=O) groups is 1. The topological polar surface area (TPSA) is 29.1 Å². The number of ketones is 1. The normalized spacial score (nSPS) is 18.2. The third-order valence-corrected chi connectivity index (χ3v) is 4.34. The molecule has 0 aliphatic heterocycles. The van der Waals surface area contributed by atoms with Crippen molar-refractivity contribution in [1.82, 2.24) is 5.32 Å². The molecule has 2 nitrogen and oxygen atoms in total. The van der Waals surface area contributed by atoms with Gasteiger partial charge in [-0.15, -0.1) is 0 Å². The van der Waals surface area contributed by atoms with Gasteiger partial charge in [0.2, 0.25) is 0 Å². The molecule has 0 heterocycles. The monoisotopic (exact) mass is 259 g/mol. The first-order valence-corrected chi connectivity index (χ1v) is 7.47. The van der Waals surface area contributed by atoms with E-state index in [0.717, 1.165) is 12.3 Å². The summed E-state index contributed by atoms with van der Waals surface area (Å²) in [6.07, 6.45) is 7.61. The van der Waals surface area contributed by atoms with E-state index in [4.69, 9.17) is 0 Å². The zero-order valence-electron chi connectivity index (χ0n) is 12.1. The highest BCUT2D eigenvalue weighted by Crippen LogP contribution is 2.32. The SMILES string of the molecule is CN[C@@H](Cc1ccc(C2CCCCC2)cc1)C(C)=O. The Balaban J connectivity index is 1.99. The van der Waals surface area contributed by atoms with Gasteiger partial charge in [-0.1, -0.05) is 43.5 Å². The fourth-order valence-electron chi connectivity index (χ4n) is 3.05. The van der Waals surface area contributed by atoms with Crippen LogP contribution in [0, 0.1) is 0 Å². The molecule has 104 valence electrons. The predicted molar refractivity (Wildman–Crippen MR) is 79.5 cm³/mol. The number of likely N-dealkylation sites (N-methyl/N-ethyl adjacent to an activating group) is 1. The average Bonchev–Trinajstić information content (AvgIpc) is 2.46. The minimum absolute atomic E-state index is 0.0551. The summed E-state index contributed by atoms with van der Waals surface area (Å²) in [5, 5.41) is 3.08. The quantitative estimate of drug-likeness (QED) is 0.877. The second-order valence-corrected chi connectivity index (χ2v) is 5.73. The van der Waals surface area contributed by atoms with Gasteiger partial charge in [0.15, 0.2) is 0 Å². The Bertz CT molecular complexity index is 404. The van der Waals surface area contributed by atoms with Crippen LogP contribution in [0.1, 0.15) is 56.1 Å². The highest BCUT2D eigenvalue weighted by atomic mass is 16.1. The van der Waals surface area contributed by atoms with Crippen molar-refractivity contribution in [2.24, 2.45) is 0 Å². The van der Waals surface area contributed by atoms with Crippen LogP contribution in [0.3, 0.4) is 0 Å². The Morgan fingerprint density at radius 3 is 2.37 bits per heavy atom. The summed E-state index contributed by atoms with van der Waals surface area (Å²) in [5.74, 6) is 0.967. The molecule has 2 rings (SSSR count). The van der Waals surface area contributed by atoms with E-state index in [1.165, 1.54) is 43.2 Å². The maximum absolute atomic E-state index is 11.4. The molecule has 1 aromatic carbocycles. The van der Waals surface area contributed by atoms with Crippen molar-refractivity contribution in [3.8, 4) is 0 Å². The van der Waals surface area contributed by atoms with E-state index in [1.807, 2.05) is 7.05 Å². The molecule has 0 saturated heterocycles. The summed E-state index contributed by atoms with van der Waals surface area (Å²) in [4.78, 5) is 11.4. The number of hydrogen-bond acceptors (Lipinski definition) is 2. The third kappa shape index (κ3) is 3.90. The van der Waals surface area contributed by atoms with Crippen molar-refractivity contribution >= 4 is 5.78 Å². The van der Waals surface area contributed by atoms with Gasteiger partial charge in [0, 0.05) is 0 Å². The lowest BCUT2D eigenvalue weighted by Gasteiger charge is -2.22. The van der Waals surface area contributed by atoms with Crippen LogP contribution in [0.2, 0.25) is 0 Å². The minimum atomic E-state index is -0.0551. The third-order valence-electron chi connectivity index (χ3n) is 4.34. The molecular weight excluding hydrogens is 234 g/mol. The molecule has 1 aliphatic rings. The number of hydrogen-bond donors (Lipinski definition) is 1. The highest BCUT2D eigenvalue weighted by Gasteiger charge is 2.16. The van der Waals surface area contributed by atoms with Crippen LogP contribution in [0.15, 0.2) is 24.3 Å². The lowest BCUT2D eigenvalue weighted by molar-refractivity contribution is -0.118. The van der Waals surface area contributed by atoms with Crippen molar-refractivity contribution in [2.75, 3.05) is 7.05 Å². The Hall–Kier alpha value is -1.15. The lowest BCUT2D eigenvalue weighted by atomic mass is 9.84. The smallest absolute Gasteiger partial charge is 0.147 e. The molecular formula is C17H25NO. The number of nitrogens with one attached hydrogen (secondary N) is 1. The first kappa shape index (κ1) is 14.3. The van der Waals surface area contributed by atoms with Crippen molar-refractivity contribution in [2.45, 2.75) is 57.4 Å². The van der Waals surface area contributed by atoms with Crippen LogP contribution in [0.25, 0.3) is 0 Å². The standard InChI is InChI=1S/C17H25NO/c1-13(19)17(18-2)12-14-8-10-16(11-9-14)15-6-4-3-5-7-15/h8-11,15,17-18H,3-7,12H2,1-2H3/t17-/m0/s1. The summed E-state index contributed by atoms with van der Waals surface area (Å²) in [5.41, 5.74) is 2.72. The molecule has 0 unspecified atom stereocenters. The summed E-state index contributed by atoms with van der Waals surface area (Å²) in [7, 11) is 1.85. The molecule has 1 saturated carbocycles. The number of carbonyl (C=O) groups excluding carboxylic acids is 1. The summed E-state index contributed by atoms with van der Waals surface area (Å²) in [6.45, 7) is 1.65. The molecule has 0 spiro atoms. The molecule has 1 atom stereocenters. The molecule has 0 amide bonds. The van der Waals surface area contributed by atoms with E-state index < -0.39 is 0 Å². The first-order valence-electron chi connectivity index (χ1n) is 7.47. The van der Waals surface area contributed by atoms with E-state index in [-0.39, 0.29) is 11.8 Å². The second-order valence-electron chi connectivity index (χ2n) is 5.73. The number of Topliss-reactive ketones (excluding diaryl/α,β-unsaturated/α-hetero) is 1. The van der Waals surface area contributed by atoms with Crippen molar-refractivity contribution in [3.05, 3.63) is 35.4 Å². The fourth-order valence-corrected chi connectivity index (χ4v) is 3.05. The number of benzene rings is 1. The van der Waals surface area contributed by atoms with Gasteiger partial charge < -0.3 is 5.32 Å². The summed E-state index contributed by atoms with van der Waals surface area (Å²) < 4.78 is 0. The van der Waals surface area contributed by atoms with Crippen LogP contribution in [0.5, 0.6) is 0 Å². The Morgan fingerprint density at radius 2 is 1.84 bits per heavy atom. The van der Waals surface area contributed by atoms with Gasteiger partial charge in [-0.05, 0) is 50.3 Å². The fraction of sp³-hybridized carbons (Fsp3) is 0.588. The van der Waals surface area contributed by atoms with E-state index in [1.54, 1.807) is 6.92 Å². The Morgan fingerprint density at radius 1 is 1.21 bits per heavy atom. The van der Waals surface area contributed by atoms with E-state index in [9.17, 15) is 4.79 Å². The molecule has 1 fully saturated rings. The van der Waals surface area contributed by atoms with Crippen LogP contribution < -0.4 is 5.32 Å². The predicted octanol–water partition coefficient (Wildman–Crippen LogP) is 3.45. The van der Waals surface area contributed by atoms with Crippen molar-refractivity contribution in [3.63, 3.8) is 0 Å². The zero-order valence-corrected chi connectivity index (χ0v) is 12.1. The van der Waals surface area contributed by atoms with E-state index in [2.05, 4.69) is 29.6 Å². The summed E-state index contributed by atoms with van der Waals surface area (Å²) in [6, 6.07) is 8.85. The average molecular weight is 259 g/mol. The van der Waals surface area contributed by atoms with Crippen molar-refractivity contribution < 1.29 is 4.79 Å². The van der Waals surface area contributed by atoms with Crippen molar-refractivity contribution in [1.29, 1.82) is 0 Å². The Labute approximate surface area is 116 Å². The highest BCUT2D eigenvalue weighted by molar-refractivity contribution is 5.81. The van der Waals surface area contributed by atoms with Gasteiger partial charge in [0.1, 0.15) is 5.78 Å². The molecule has 0 aromatic heterocycles. The Kier molecular flexibility index (Phi) is 5.15. The largest absolute Gasteiger partial charge is 0.310 e. The maximum Gasteiger partial charge on any atom is 0.147 e. The zero-order chi connectivity index (χ0) is 13.7. The van der Waals surface area contributed by atoms with Gasteiger partial charge in [-0.25, -0.2) is 0 Å². The molecule has 0 bridgehead atoms. The van der Waals surface area contributed by atoms with Crippen LogP contribution in [-0.2, 0) is 11.2 Å². The van der Waals surface area contributed by atoms with E-state index >= 15 is 0 Å². The van der Waals surface area contributed by atoms with Gasteiger partial charge in [-0.3, -0.25) is 4.79 Å². The first-order chi connectivity index (χ1) is 9.20. The van der Waals surface area contributed by atoms with Gasteiger partial charge in [0.25, 0.3) is 0 Å². The minimum Gasteiger partial charge on any atom is -0.310 e. The number of rotatable bonds is 5. The van der Waals surface area contributed by atoms with Gasteiger partial charge >= 0.3 is 0 Å². The van der Waals surface area contributed by atoms with Crippen LogP contribution in [-0.4, -0.2) is 18.9 Å². The molecule has 0 radical (unpaired) electrons. The molecule has 1 aromatic rings. The summed E-state index contributed by atoms with van der Waals surface area (Å²) >= 11 is 0. The maximum atomic E-state index is 11.4. The molecule has 1 N–H and O–H groups in total.